The number of nitrogens with zero attached hydrogens (tertiary/aromatic N) is 3. The van der Waals surface area contributed by atoms with Gasteiger partial charge < -0.3 is 19.9 Å². The van der Waals surface area contributed by atoms with Crippen LogP contribution in [0, 0.1) is 0 Å². The van der Waals surface area contributed by atoms with Crippen LogP contribution in [-0.2, 0) is 0 Å². The summed E-state index contributed by atoms with van der Waals surface area (Å²) in [4.78, 5) is 9.43. The van der Waals surface area contributed by atoms with Crippen molar-refractivity contribution < 1.29 is 4.74 Å². The molecule has 0 amide bonds. The van der Waals surface area contributed by atoms with Gasteiger partial charge >= 0.3 is 0 Å². The minimum Gasteiger partial charge on any atom is -0.494 e. The first-order chi connectivity index (χ1) is 11.7. The van der Waals surface area contributed by atoms with Crippen LogP contribution in [0.1, 0.15) is 13.3 Å². The van der Waals surface area contributed by atoms with Crippen LogP contribution in [0.3, 0.4) is 0 Å². The summed E-state index contributed by atoms with van der Waals surface area (Å²) < 4.78 is 5.42. The SMILES string of the molecule is COc1cccc2c(NC(C)CCN3CCN(C)CC3)ccnc12. The molecule has 1 aliphatic heterocycles. The van der Waals surface area contributed by atoms with Crippen LogP contribution < -0.4 is 10.1 Å². The molecule has 1 aliphatic rings. The van der Waals surface area contributed by atoms with Crippen LogP contribution in [0.25, 0.3) is 10.9 Å². The zero-order valence-corrected chi connectivity index (χ0v) is 15.0. The Bertz CT molecular complexity index is 667. The molecule has 1 aromatic carbocycles. The van der Waals surface area contributed by atoms with Gasteiger partial charge in [0.25, 0.3) is 0 Å². The van der Waals surface area contributed by atoms with Gasteiger partial charge in [0.1, 0.15) is 11.3 Å². The molecule has 1 atom stereocenters. The number of piperazine rings is 1. The number of para-hydroxylation sites is 1. The molecule has 1 aromatic heterocycles. The van der Waals surface area contributed by atoms with E-state index in [4.69, 9.17) is 4.74 Å². The van der Waals surface area contributed by atoms with Gasteiger partial charge in [-0.2, -0.15) is 0 Å². The van der Waals surface area contributed by atoms with E-state index in [2.05, 4.69) is 40.1 Å². The van der Waals surface area contributed by atoms with Crippen LogP contribution in [0.15, 0.2) is 30.5 Å². The molecule has 0 spiro atoms. The Hall–Kier alpha value is -1.85. The number of pyridine rings is 1. The summed E-state index contributed by atoms with van der Waals surface area (Å²) in [5.41, 5.74) is 2.04. The Kier molecular flexibility index (Phi) is 5.53. The molecule has 0 bridgehead atoms. The third kappa shape index (κ3) is 3.97. The topological polar surface area (TPSA) is 40.6 Å². The molecule has 0 aliphatic carbocycles. The summed E-state index contributed by atoms with van der Waals surface area (Å²) in [5.74, 6) is 0.821. The van der Waals surface area contributed by atoms with Gasteiger partial charge in [-0.1, -0.05) is 12.1 Å². The van der Waals surface area contributed by atoms with E-state index in [-0.39, 0.29) is 0 Å². The van der Waals surface area contributed by atoms with Crippen molar-refractivity contribution in [3.8, 4) is 5.75 Å². The number of hydrogen-bond acceptors (Lipinski definition) is 5. The van der Waals surface area contributed by atoms with Crippen LogP contribution in [0.5, 0.6) is 5.75 Å². The lowest BCUT2D eigenvalue weighted by atomic mass is 10.1. The van der Waals surface area contributed by atoms with Gasteiger partial charge in [-0.15, -0.1) is 0 Å². The molecule has 1 saturated heterocycles. The number of benzene rings is 1. The maximum atomic E-state index is 5.42. The minimum absolute atomic E-state index is 0.418. The number of likely N-dealkylation sites (N-methyl/N-ethyl adjacent to an activating group) is 1. The highest BCUT2D eigenvalue weighted by atomic mass is 16.5. The molecule has 2 aromatic rings. The molecular formula is C19H28N4O. The molecule has 5 heteroatoms. The normalized spacial score (nSPS) is 17.8. The molecule has 1 unspecified atom stereocenters. The minimum atomic E-state index is 0.418. The molecule has 5 nitrogen and oxygen atoms in total. The second-order valence-electron chi connectivity index (χ2n) is 6.69. The fourth-order valence-electron chi connectivity index (χ4n) is 3.22. The van der Waals surface area contributed by atoms with Crippen LogP contribution in [0.2, 0.25) is 0 Å². The zero-order valence-electron chi connectivity index (χ0n) is 15.0. The smallest absolute Gasteiger partial charge is 0.145 e. The molecule has 2 heterocycles. The van der Waals surface area contributed by atoms with E-state index >= 15 is 0 Å². The summed E-state index contributed by atoms with van der Waals surface area (Å²) in [5, 5.41) is 4.77. The summed E-state index contributed by atoms with van der Waals surface area (Å²) in [7, 11) is 3.89. The van der Waals surface area contributed by atoms with Crippen LogP contribution in [0.4, 0.5) is 5.69 Å². The molecule has 0 radical (unpaired) electrons. The maximum absolute atomic E-state index is 5.42. The Morgan fingerprint density at radius 1 is 1.21 bits per heavy atom. The summed E-state index contributed by atoms with van der Waals surface area (Å²) >= 11 is 0. The highest BCUT2D eigenvalue weighted by Crippen LogP contribution is 2.29. The second-order valence-corrected chi connectivity index (χ2v) is 6.69. The number of aromatic nitrogens is 1. The number of methoxy groups -OCH3 is 1. The predicted molar refractivity (Wildman–Crippen MR) is 99.9 cm³/mol. The van der Waals surface area contributed by atoms with E-state index in [9.17, 15) is 0 Å². The number of fused-ring (bicyclic) bond motifs is 1. The third-order valence-electron chi connectivity index (χ3n) is 4.83. The summed E-state index contributed by atoms with van der Waals surface area (Å²) in [6, 6.07) is 8.54. The fraction of sp³-hybridized carbons (Fsp3) is 0.526. The van der Waals surface area contributed by atoms with Crippen molar-refractivity contribution in [2.75, 3.05) is 52.2 Å². The fourth-order valence-corrected chi connectivity index (χ4v) is 3.22. The Labute approximate surface area is 144 Å². The van der Waals surface area contributed by atoms with E-state index in [1.165, 1.54) is 26.2 Å². The number of rotatable bonds is 6. The van der Waals surface area contributed by atoms with E-state index in [0.29, 0.717) is 6.04 Å². The van der Waals surface area contributed by atoms with Gasteiger partial charge in [-0.3, -0.25) is 4.98 Å². The molecular weight excluding hydrogens is 300 g/mol. The monoisotopic (exact) mass is 328 g/mol. The quantitative estimate of drug-likeness (QED) is 0.883. The molecule has 1 fully saturated rings. The largest absolute Gasteiger partial charge is 0.494 e. The predicted octanol–water partition coefficient (Wildman–Crippen LogP) is 2.68. The van der Waals surface area contributed by atoms with Crippen molar-refractivity contribution in [3.05, 3.63) is 30.5 Å². The van der Waals surface area contributed by atoms with Gasteiger partial charge in [0.2, 0.25) is 0 Å². The first-order valence-corrected chi connectivity index (χ1v) is 8.76. The van der Waals surface area contributed by atoms with Crippen molar-refractivity contribution in [1.29, 1.82) is 0 Å². The Morgan fingerprint density at radius 2 is 2.00 bits per heavy atom. The van der Waals surface area contributed by atoms with E-state index in [1.807, 2.05) is 24.4 Å². The van der Waals surface area contributed by atoms with Crippen molar-refractivity contribution >= 4 is 16.6 Å². The first kappa shape index (κ1) is 17.0. The van der Waals surface area contributed by atoms with Crippen molar-refractivity contribution in [2.24, 2.45) is 0 Å². The second kappa shape index (κ2) is 7.81. The van der Waals surface area contributed by atoms with E-state index in [0.717, 1.165) is 35.3 Å². The lowest BCUT2D eigenvalue weighted by molar-refractivity contribution is 0.151. The average Bonchev–Trinajstić information content (AvgIpc) is 2.61. The summed E-state index contributed by atoms with van der Waals surface area (Å²) in [6.45, 7) is 8.11. The Morgan fingerprint density at radius 3 is 2.75 bits per heavy atom. The maximum Gasteiger partial charge on any atom is 0.145 e. The zero-order chi connectivity index (χ0) is 16.9. The van der Waals surface area contributed by atoms with E-state index in [1.54, 1.807) is 7.11 Å². The first-order valence-electron chi connectivity index (χ1n) is 8.76. The lowest BCUT2D eigenvalue weighted by Gasteiger charge is -2.33. The van der Waals surface area contributed by atoms with Gasteiger partial charge in [-0.05, 0) is 32.5 Å². The number of hydrogen-bond donors (Lipinski definition) is 1. The molecule has 1 N–H and O–H groups in total. The van der Waals surface area contributed by atoms with Crippen LogP contribution in [-0.4, -0.2) is 67.7 Å². The number of anilines is 1. The Balaban J connectivity index is 1.62. The summed E-state index contributed by atoms with van der Waals surface area (Å²) in [6.07, 6.45) is 2.98. The van der Waals surface area contributed by atoms with Crippen molar-refractivity contribution in [2.45, 2.75) is 19.4 Å². The number of ether oxygens (including phenoxy) is 1. The lowest BCUT2D eigenvalue weighted by Crippen LogP contribution is -2.45. The van der Waals surface area contributed by atoms with Crippen molar-refractivity contribution in [3.63, 3.8) is 0 Å². The highest BCUT2D eigenvalue weighted by molar-refractivity contribution is 5.94. The standard InChI is InChI=1S/C19H28N4O/c1-15(8-10-23-13-11-22(2)12-14-23)21-17-7-9-20-19-16(17)5-4-6-18(19)24-3/h4-7,9,15H,8,10-14H2,1-3H3,(H,20,21). The molecule has 130 valence electrons. The van der Waals surface area contributed by atoms with Crippen molar-refractivity contribution in [1.82, 2.24) is 14.8 Å². The average molecular weight is 328 g/mol. The third-order valence-corrected chi connectivity index (χ3v) is 4.83. The molecule has 24 heavy (non-hydrogen) atoms. The van der Waals surface area contributed by atoms with E-state index < -0.39 is 0 Å². The van der Waals surface area contributed by atoms with Crippen LogP contribution >= 0.6 is 0 Å². The molecule has 0 saturated carbocycles. The van der Waals surface area contributed by atoms with Gasteiger partial charge in [0.15, 0.2) is 0 Å². The number of nitrogens with one attached hydrogen (secondary N) is 1. The van der Waals surface area contributed by atoms with Gasteiger partial charge in [-0.25, -0.2) is 0 Å². The van der Waals surface area contributed by atoms with Gasteiger partial charge in [0, 0.05) is 56.0 Å². The highest BCUT2D eigenvalue weighted by Gasteiger charge is 2.15. The van der Waals surface area contributed by atoms with Gasteiger partial charge in [0.05, 0.1) is 7.11 Å². The molecule has 3 rings (SSSR count).